The summed E-state index contributed by atoms with van der Waals surface area (Å²) < 4.78 is 22.8. The Kier molecular flexibility index (Phi) is 11.4. The summed E-state index contributed by atoms with van der Waals surface area (Å²) in [6, 6.07) is 0.430. The van der Waals surface area contributed by atoms with E-state index in [1.165, 1.54) is 7.11 Å². The van der Waals surface area contributed by atoms with Gasteiger partial charge in [-0.2, -0.15) is 0 Å². The second kappa shape index (κ2) is 12.9. The Balaban J connectivity index is 3.09. The molecule has 1 unspecified atom stereocenters. The lowest BCUT2D eigenvalue weighted by molar-refractivity contribution is -0.167. The van der Waals surface area contributed by atoms with Gasteiger partial charge in [-0.05, 0) is 25.7 Å². The number of hydrogen-bond acceptors (Lipinski definition) is 6. The van der Waals surface area contributed by atoms with E-state index in [-0.39, 0.29) is 30.1 Å². The molecular formula is C20H38N2O5. The minimum Gasteiger partial charge on any atom is -0.469 e. The zero-order chi connectivity index (χ0) is 20.2. The smallest absolute Gasteiger partial charge is 0.311 e. The Bertz CT molecular complexity index is 456. The molecule has 0 N–H and O–H groups in total. The van der Waals surface area contributed by atoms with Crippen molar-refractivity contribution >= 4 is 12.0 Å². The molecule has 0 radical (unpaired) electrons. The van der Waals surface area contributed by atoms with Crippen molar-refractivity contribution in [2.45, 2.75) is 70.6 Å². The van der Waals surface area contributed by atoms with E-state index in [2.05, 4.69) is 13.8 Å². The van der Waals surface area contributed by atoms with Crippen LogP contribution in [0.15, 0.2) is 4.99 Å². The third kappa shape index (κ3) is 7.30. The summed E-state index contributed by atoms with van der Waals surface area (Å²) in [7, 11) is 6.83. The fourth-order valence-corrected chi connectivity index (χ4v) is 3.31. The molecule has 0 saturated heterocycles. The second-order valence-corrected chi connectivity index (χ2v) is 7.16. The van der Waals surface area contributed by atoms with Gasteiger partial charge in [0, 0.05) is 27.3 Å². The Morgan fingerprint density at radius 3 is 2.04 bits per heavy atom. The fraction of sp³-hybridized carbons (Fsp3) is 0.900. The largest absolute Gasteiger partial charge is 0.469 e. The number of carbonyl (C=O) groups excluding carboxylic acids is 1. The number of nitrogens with zero attached hydrogens (tertiary/aromatic N) is 2. The fourth-order valence-electron chi connectivity index (χ4n) is 3.31. The first kappa shape index (κ1) is 23.7. The summed E-state index contributed by atoms with van der Waals surface area (Å²) >= 11 is 0. The molecule has 0 spiro atoms. The molecule has 0 aromatic heterocycles. The molecule has 158 valence electrons. The summed E-state index contributed by atoms with van der Waals surface area (Å²) in [5.74, 6) is -0.558. The Morgan fingerprint density at radius 2 is 1.56 bits per heavy atom. The number of amidine groups is 1. The summed E-state index contributed by atoms with van der Waals surface area (Å²) in [5, 5.41) is 0. The number of methoxy groups -OCH3 is 2. The molecule has 0 aromatic rings. The van der Waals surface area contributed by atoms with Crippen LogP contribution in [0.1, 0.15) is 52.4 Å². The predicted octanol–water partition coefficient (Wildman–Crippen LogP) is 2.87. The summed E-state index contributed by atoms with van der Waals surface area (Å²) in [6.07, 6.45) is 4.72. The van der Waals surface area contributed by atoms with Crippen molar-refractivity contribution < 1.29 is 23.7 Å². The van der Waals surface area contributed by atoms with Gasteiger partial charge in [-0.3, -0.25) is 4.79 Å². The summed E-state index contributed by atoms with van der Waals surface area (Å²) in [4.78, 5) is 19.0. The molecule has 27 heavy (non-hydrogen) atoms. The van der Waals surface area contributed by atoms with Crippen LogP contribution in [0.5, 0.6) is 0 Å². The van der Waals surface area contributed by atoms with E-state index in [1.807, 2.05) is 19.0 Å². The molecule has 7 nitrogen and oxygen atoms in total. The summed E-state index contributed by atoms with van der Waals surface area (Å²) in [6.45, 7) is 5.47. The third-order valence-corrected chi connectivity index (χ3v) is 4.83. The maximum absolute atomic E-state index is 12.4. The normalized spacial score (nSPS) is 25.9. The first-order valence-corrected chi connectivity index (χ1v) is 10.1. The lowest BCUT2D eigenvalue weighted by atomic mass is 9.81. The van der Waals surface area contributed by atoms with E-state index in [0.29, 0.717) is 25.7 Å². The Labute approximate surface area is 164 Å². The van der Waals surface area contributed by atoms with Gasteiger partial charge >= 0.3 is 5.97 Å². The molecule has 7 heteroatoms. The van der Waals surface area contributed by atoms with Gasteiger partial charge in [-0.15, -0.1) is 0 Å². The molecule has 0 aromatic carbocycles. The van der Waals surface area contributed by atoms with Crippen LogP contribution in [-0.4, -0.2) is 76.7 Å². The average Bonchev–Trinajstić information content (AvgIpc) is 2.66. The van der Waals surface area contributed by atoms with E-state index < -0.39 is 0 Å². The van der Waals surface area contributed by atoms with Crippen molar-refractivity contribution in [1.82, 2.24) is 4.90 Å². The average molecular weight is 387 g/mol. The first-order chi connectivity index (χ1) is 13.0. The highest BCUT2D eigenvalue weighted by molar-refractivity contribution is 5.74. The van der Waals surface area contributed by atoms with Crippen molar-refractivity contribution in [2.24, 2.45) is 10.9 Å². The van der Waals surface area contributed by atoms with Crippen LogP contribution >= 0.6 is 0 Å². The van der Waals surface area contributed by atoms with Gasteiger partial charge in [-0.1, -0.05) is 26.7 Å². The van der Waals surface area contributed by atoms with Crippen molar-refractivity contribution in [3.63, 3.8) is 0 Å². The van der Waals surface area contributed by atoms with Crippen molar-refractivity contribution in [3.05, 3.63) is 0 Å². The Hall–Kier alpha value is -1.34. The van der Waals surface area contributed by atoms with Crippen LogP contribution in [-0.2, 0) is 23.7 Å². The van der Waals surface area contributed by atoms with Crippen LogP contribution in [0, 0.1) is 5.92 Å². The Morgan fingerprint density at radius 1 is 0.963 bits per heavy atom. The molecule has 1 saturated carbocycles. The van der Waals surface area contributed by atoms with Gasteiger partial charge in [0.05, 0.1) is 32.3 Å². The minimum absolute atomic E-state index is 0.119. The quantitative estimate of drug-likeness (QED) is 0.249. The molecule has 1 aliphatic rings. The number of unbranched alkanes of at least 4 members (excludes halogenated alkanes) is 2. The molecule has 1 rings (SSSR count). The maximum atomic E-state index is 12.4. The SMILES string of the molecule is CCCCOC1[C@@H](C(=O)OC)CC[C@H](N=C(OC)N(C)C)[C@H]1OCCCC. The van der Waals surface area contributed by atoms with E-state index in [9.17, 15) is 4.79 Å². The highest BCUT2D eigenvalue weighted by atomic mass is 16.6. The lowest BCUT2D eigenvalue weighted by Crippen LogP contribution is -2.52. The monoisotopic (exact) mass is 386 g/mol. The van der Waals surface area contributed by atoms with E-state index in [1.54, 1.807) is 7.11 Å². The molecular weight excluding hydrogens is 348 g/mol. The van der Waals surface area contributed by atoms with Crippen LogP contribution in [0.25, 0.3) is 0 Å². The summed E-state index contributed by atoms with van der Waals surface area (Å²) in [5.41, 5.74) is 0. The van der Waals surface area contributed by atoms with Gasteiger partial charge < -0.3 is 23.8 Å². The number of aliphatic imine (C=N–C) groups is 1. The van der Waals surface area contributed by atoms with Crippen molar-refractivity contribution in [3.8, 4) is 0 Å². The van der Waals surface area contributed by atoms with Crippen molar-refractivity contribution in [2.75, 3.05) is 41.5 Å². The van der Waals surface area contributed by atoms with Crippen LogP contribution in [0.2, 0.25) is 0 Å². The van der Waals surface area contributed by atoms with Crippen molar-refractivity contribution in [1.29, 1.82) is 0 Å². The highest BCUT2D eigenvalue weighted by Crippen LogP contribution is 2.33. The second-order valence-electron chi connectivity index (χ2n) is 7.16. The zero-order valence-corrected chi connectivity index (χ0v) is 17.9. The van der Waals surface area contributed by atoms with Crippen LogP contribution < -0.4 is 0 Å². The van der Waals surface area contributed by atoms with E-state index >= 15 is 0 Å². The van der Waals surface area contributed by atoms with Gasteiger partial charge in [0.25, 0.3) is 6.02 Å². The van der Waals surface area contributed by atoms with Gasteiger partial charge in [0.1, 0.15) is 6.10 Å². The highest BCUT2D eigenvalue weighted by Gasteiger charge is 2.45. The van der Waals surface area contributed by atoms with Gasteiger partial charge in [0.15, 0.2) is 0 Å². The number of esters is 1. The minimum atomic E-state index is -0.358. The molecule has 0 bridgehead atoms. The first-order valence-electron chi connectivity index (χ1n) is 10.1. The molecule has 0 amide bonds. The number of ether oxygens (including phenoxy) is 4. The van der Waals surface area contributed by atoms with Gasteiger partial charge in [-0.25, -0.2) is 4.99 Å². The molecule has 1 fully saturated rings. The third-order valence-electron chi connectivity index (χ3n) is 4.83. The maximum Gasteiger partial charge on any atom is 0.311 e. The topological polar surface area (TPSA) is 69.6 Å². The van der Waals surface area contributed by atoms with Gasteiger partial charge in [0.2, 0.25) is 0 Å². The molecule has 1 aliphatic carbocycles. The van der Waals surface area contributed by atoms with E-state index in [4.69, 9.17) is 23.9 Å². The lowest BCUT2D eigenvalue weighted by Gasteiger charge is -2.40. The zero-order valence-electron chi connectivity index (χ0n) is 17.9. The predicted molar refractivity (Wildman–Crippen MR) is 106 cm³/mol. The number of carbonyl (C=O) groups is 1. The number of rotatable bonds is 10. The standard InChI is InChI=1S/C20H38N2O5/c1-7-9-13-26-17-15(19(23)24-5)11-12-16(18(17)27-14-10-8-2)21-20(25-6)22(3)4/h15-18H,7-14H2,1-6H3/t15-,16-,17?,18+/m0/s1. The number of hydrogen-bond donors (Lipinski definition) is 0. The molecule has 0 aliphatic heterocycles. The van der Waals surface area contributed by atoms with E-state index in [0.717, 1.165) is 32.1 Å². The van der Waals surface area contributed by atoms with Crippen LogP contribution in [0.3, 0.4) is 0 Å². The molecule has 4 atom stereocenters. The molecule has 0 heterocycles. The van der Waals surface area contributed by atoms with Crippen LogP contribution in [0.4, 0.5) is 0 Å².